The second kappa shape index (κ2) is 8.05. The number of alkyl halides is 1. The number of aliphatic hydroxyl groups is 2. The molecule has 2 aliphatic heterocycles. The molecule has 1 aromatic carbocycles. The van der Waals surface area contributed by atoms with E-state index < -0.39 is 18.0 Å². The minimum absolute atomic E-state index is 0.0826. The molecule has 1 saturated heterocycles. The van der Waals surface area contributed by atoms with E-state index in [1.807, 2.05) is 12.1 Å². The normalized spacial score (nSPS) is 18.3. The predicted molar refractivity (Wildman–Crippen MR) is 118 cm³/mol. The molecule has 1 amide bonds. The summed E-state index contributed by atoms with van der Waals surface area (Å²) in [5, 5.41) is 28.2. The van der Waals surface area contributed by atoms with Crippen molar-refractivity contribution in [2.45, 2.75) is 44.3 Å². The van der Waals surface area contributed by atoms with Gasteiger partial charge in [-0.05, 0) is 43.2 Å². The molecule has 9 nitrogen and oxygen atoms in total. The van der Waals surface area contributed by atoms with Crippen LogP contribution in [-0.2, 0) is 11.3 Å². The Hall–Kier alpha value is -3.08. The molecule has 3 N–H and O–H groups in total. The molecule has 0 bridgehead atoms. The lowest BCUT2D eigenvalue weighted by Gasteiger charge is -2.29. The minimum Gasteiger partial charge on any atom is -0.387 e. The predicted octanol–water partition coefficient (Wildman–Crippen LogP) is 2.01. The summed E-state index contributed by atoms with van der Waals surface area (Å²) in [6.45, 7) is 3.85. The number of amides is 1. The van der Waals surface area contributed by atoms with Crippen molar-refractivity contribution in [2.75, 3.05) is 25.1 Å². The van der Waals surface area contributed by atoms with E-state index in [9.17, 15) is 19.4 Å². The van der Waals surface area contributed by atoms with Gasteiger partial charge < -0.3 is 25.2 Å². The molecule has 2 aliphatic rings. The fourth-order valence-electron chi connectivity index (χ4n) is 4.14. The maximum absolute atomic E-state index is 14.4. The zero-order valence-corrected chi connectivity index (χ0v) is 18.4. The number of fused-ring (bicyclic) bond motifs is 2. The first-order chi connectivity index (χ1) is 15.7. The molecule has 1 unspecified atom stereocenters. The van der Waals surface area contributed by atoms with Crippen molar-refractivity contribution in [1.82, 2.24) is 19.5 Å². The number of halogens is 1. The Morgan fingerprint density at radius 2 is 2.15 bits per heavy atom. The lowest BCUT2D eigenvalue weighted by molar-refractivity contribution is -0.0159. The number of hydrogen-bond donors (Lipinski definition) is 3. The molecule has 0 saturated carbocycles. The molecular weight excluding hydrogens is 429 g/mol. The number of ether oxygens (including phenoxy) is 1. The second-order valence-electron chi connectivity index (χ2n) is 9.17. The van der Waals surface area contributed by atoms with Gasteiger partial charge in [-0.15, -0.1) is 0 Å². The van der Waals surface area contributed by atoms with E-state index in [4.69, 9.17) is 4.74 Å². The molecule has 0 radical (unpaired) electrons. The number of hydrogen-bond acceptors (Lipinski definition) is 7. The zero-order valence-electron chi connectivity index (χ0n) is 18.4. The Balaban J connectivity index is 1.44. The molecule has 174 valence electrons. The number of carbonyl (C=O) groups excluding carboxylic acids is 1. The van der Waals surface area contributed by atoms with Crippen molar-refractivity contribution in [3.8, 4) is 0 Å². The van der Waals surface area contributed by atoms with Crippen LogP contribution < -0.4 is 5.32 Å². The van der Waals surface area contributed by atoms with Crippen molar-refractivity contribution in [2.24, 2.45) is 0 Å². The van der Waals surface area contributed by atoms with Gasteiger partial charge in [0, 0.05) is 36.1 Å². The van der Waals surface area contributed by atoms with Crippen LogP contribution in [0.15, 0.2) is 36.8 Å². The maximum Gasteiger partial charge on any atom is 0.254 e. The third kappa shape index (κ3) is 3.94. The van der Waals surface area contributed by atoms with Gasteiger partial charge in [-0.2, -0.15) is 5.10 Å². The summed E-state index contributed by atoms with van der Waals surface area (Å²) in [5.74, 6) is -0.184. The number of nitrogens with one attached hydrogen (secondary N) is 1. The summed E-state index contributed by atoms with van der Waals surface area (Å²) in [6, 6.07) is 5.40. The van der Waals surface area contributed by atoms with Crippen LogP contribution in [0.5, 0.6) is 0 Å². The van der Waals surface area contributed by atoms with E-state index in [0.717, 1.165) is 11.1 Å². The van der Waals surface area contributed by atoms with Crippen LogP contribution in [0.3, 0.4) is 0 Å². The summed E-state index contributed by atoms with van der Waals surface area (Å²) >= 11 is 0. The number of rotatable bonds is 7. The van der Waals surface area contributed by atoms with Gasteiger partial charge in [-0.3, -0.25) is 4.79 Å². The van der Waals surface area contributed by atoms with Crippen LogP contribution in [0.2, 0.25) is 0 Å². The van der Waals surface area contributed by atoms with Crippen LogP contribution in [0.4, 0.5) is 10.1 Å². The van der Waals surface area contributed by atoms with E-state index in [1.165, 1.54) is 18.7 Å². The summed E-state index contributed by atoms with van der Waals surface area (Å²) in [6.07, 6.45) is 2.29. The summed E-state index contributed by atoms with van der Waals surface area (Å²) in [4.78, 5) is 18.7. The highest BCUT2D eigenvalue weighted by Gasteiger charge is 2.36. The molecule has 1 fully saturated rings. The van der Waals surface area contributed by atoms with E-state index in [1.54, 1.807) is 29.2 Å². The lowest BCUT2D eigenvalue weighted by Crippen LogP contribution is -2.42. The van der Waals surface area contributed by atoms with Crippen LogP contribution in [0.25, 0.3) is 5.65 Å². The minimum atomic E-state index is -1.57. The molecule has 0 spiro atoms. The Morgan fingerprint density at radius 3 is 2.85 bits per heavy atom. The molecule has 0 aliphatic carbocycles. The fourth-order valence-corrected chi connectivity index (χ4v) is 4.14. The Morgan fingerprint density at radius 1 is 1.36 bits per heavy atom. The molecule has 10 heteroatoms. The molecule has 5 rings (SSSR count). The van der Waals surface area contributed by atoms with Gasteiger partial charge in [0.2, 0.25) is 0 Å². The van der Waals surface area contributed by atoms with Crippen molar-refractivity contribution in [1.29, 1.82) is 0 Å². The number of benzene rings is 1. The van der Waals surface area contributed by atoms with E-state index in [-0.39, 0.29) is 24.9 Å². The molecule has 2 aromatic heterocycles. The monoisotopic (exact) mass is 455 g/mol. The molecule has 2 atom stereocenters. The Labute approximate surface area is 189 Å². The highest BCUT2D eigenvalue weighted by atomic mass is 19.1. The number of anilines is 1. The quantitative estimate of drug-likeness (QED) is 0.467. The molecular formula is C23H26FN5O4. The molecule has 33 heavy (non-hydrogen) atoms. The summed E-state index contributed by atoms with van der Waals surface area (Å²) in [5.41, 5.74) is 2.31. The third-order valence-electron chi connectivity index (χ3n) is 6.27. The summed E-state index contributed by atoms with van der Waals surface area (Å²) in [7, 11) is 0. The van der Waals surface area contributed by atoms with Gasteiger partial charge in [0.25, 0.3) is 5.91 Å². The average Bonchev–Trinajstić information content (AvgIpc) is 3.28. The highest BCUT2D eigenvalue weighted by molar-refractivity contribution is 5.99. The Bertz CT molecular complexity index is 1200. The fraction of sp³-hybridized carbons (Fsp3) is 0.435. The average molecular weight is 455 g/mol. The van der Waals surface area contributed by atoms with Crippen molar-refractivity contribution in [3.05, 3.63) is 59.0 Å². The number of nitrogens with zero attached hydrogens (tertiary/aromatic N) is 4. The largest absolute Gasteiger partial charge is 0.387 e. The first-order valence-electron chi connectivity index (χ1n) is 10.9. The van der Waals surface area contributed by atoms with E-state index in [2.05, 4.69) is 15.4 Å². The second-order valence-corrected chi connectivity index (χ2v) is 9.17. The van der Waals surface area contributed by atoms with Gasteiger partial charge in [-0.25, -0.2) is 13.9 Å². The van der Waals surface area contributed by atoms with E-state index >= 15 is 0 Å². The van der Waals surface area contributed by atoms with Gasteiger partial charge in [-0.1, -0.05) is 0 Å². The van der Waals surface area contributed by atoms with Gasteiger partial charge >= 0.3 is 0 Å². The lowest BCUT2D eigenvalue weighted by atomic mass is 9.92. The van der Waals surface area contributed by atoms with Crippen molar-refractivity contribution >= 4 is 17.2 Å². The van der Waals surface area contributed by atoms with Crippen LogP contribution >= 0.6 is 0 Å². The molecule has 4 heterocycles. The van der Waals surface area contributed by atoms with Crippen LogP contribution in [0, 0.1) is 0 Å². The van der Waals surface area contributed by atoms with Gasteiger partial charge in [0.15, 0.2) is 11.9 Å². The number of aliphatic hydroxyl groups excluding tert-OH is 1. The Kier molecular flexibility index (Phi) is 5.31. The van der Waals surface area contributed by atoms with Gasteiger partial charge in [0.1, 0.15) is 6.17 Å². The topological polar surface area (TPSA) is 112 Å². The van der Waals surface area contributed by atoms with Crippen LogP contribution in [0.1, 0.15) is 53.0 Å². The summed E-state index contributed by atoms with van der Waals surface area (Å²) < 4.78 is 21.4. The SMILES string of the molecule is CC(C)(O)[C@H](F)CN1Cc2cc(NC(O)c3cnn4cccnc34)c(C3COC3)cc2C1=O. The zero-order chi connectivity index (χ0) is 23.3. The third-order valence-corrected chi connectivity index (χ3v) is 6.27. The number of aromatic nitrogens is 3. The first-order valence-corrected chi connectivity index (χ1v) is 10.9. The van der Waals surface area contributed by atoms with Crippen molar-refractivity contribution in [3.63, 3.8) is 0 Å². The highest BCUT2D eigenvalue weighted by Crippen LogP contribution is 2.37. The number of carbonyl (C=O) groups is 1. The standard InChI is InChI=1S/C23H26FN5O4/c1-23(2,32)19(24)10-28-9-13-6-18(15(14-11-33-12-14)7-16(13)22(28)31)27-21(30)17-8-26-29-5-3-4-25-20(17)29/h3-8,14,19,21,27,30,32H,9-12H2,1-2H3/t19-,21?/m1/s1. The molecule has 3 aromatic rings. The van der Waals surface area contributed by atoms with E-state index in [0.29, 0.717) is 35.7 Å². The van der Waals surface area contributed by atoms with Gasteiger partial charge in [0.05, 0.1) is 37.1 Å². The van der Waals surface area contributed by atoms with Crippen molar-refractivity contribution < 1.29 is 24.1 Å². The smallest absolute Gasteiger partial charge is 0.254 e. The maximum atomic E-state index is 14.4. The first kappa shape index (κ1) is 21.7. The van der Waals surface area contributed by atoms with Crippen LogP contribution in [-0.4, -0.2) is 67.1 Å².